The molecule has 3 aromatic rings. The molecule has 1 aromatic carbocycles. The lowest BCUT2D eigenvalue weighted by molar-refractivity contribution is -0.115. The number of carbonyl (C=O) groups is 1. The number of nitrogens with one attached hydrogen (secondary N) is 1. The van der Waals surface area contributed by atoms with Crippen molar-refractivity contribution in [3.05, 3.63) is 47.4 Å². The molecule has 0 radical (unpaired) electrons. The highest BCUT2D eigenvalue weighted by atomic mass is 35.5. The lowest BCUT2D eigenvalue weighted by Crippen LogP contribution is -2.22. The highest BCUT2D eigenvalue weighted by Crippen LogP contribution is 2.28. The lowest BCUT2D eigenvalue weighted by atomic mass is 10.2. The van der Waals surface area contributed by atoms with E-state index in [0.29, 0.717) is 21.7 Å². The van der Waals surface area contributed by atoms with Crippen LogP contribution in [0, 0.1) is 6.92 Å². The molecule has 0 aliphatic heterocycles. The number of hydrogen-bond acceptors (Lipinski definition) is 5. The fraction of sp³-hybridized carbons (Fsp3) is 0.235. The fourth-order valence-electron chi connectivity index (χ4n) is 2.29. The van der Waals surface area contributed by atoms with E-state index in [1.807, 2.05) is 31.5 Å². The van der Waals surface area contributed by atoms with E-state index in [2.05, 4.69) is 15.5 Å². The van der Waals surface area contributed by atoms with Crippen LogP contribution in [-0.2, 0) is 11.8 Å². The maximum Gasteiger partial charge on any atom is 0.237 e. The largest absolute Gasteiger partial charge is 0.469 e. The number of rotatable bonds is 5. The van der Waals surface area contributed by atoms with Crippen LogP contribution in [-0.4, -0.2) is 25.9 Å². The van der Waals surface area contributed by atoms with Crippen molar-refractivity contribution in [2.24, 2.45) is 7.05 Å². The molecule has 25 heavy (non-hydrogen) atoms. The summed E-state index contributed by atoms with van der Waals surface area (Å²) in [6.07, 6.45) is 1.62. The molecule has 0 aliphatic carbocycles. The van der Waals surface area contributed by atoms with Gasteiger partial charge in [0.05, 0.1) is 17.1 Å². The summed E-state index contributed by atoms with van der Waals surface area (Å²) < 4.78 is 7.17. The zero-order valence-corrected chi connectivity index (χ0v) is 15.6. The van der Waals surface area contributed by atoms with E-state index in [0.717, 1.165) is 11.3 Å². The van der Waals surface area contributed by atoms with Gasteiger partial charge in [0.15, 0.2) is 11.0 Å². The summed E-state index contributed by atoms with van der Waals surface area (Å²) >= 11 is 7.28. The Hall–Kier alpha value is -2.25. The molecule has 6 nitrogen and oxygen atoms in total. The number of carbonyl (C=O) groups excluding carboxylic acids is 1. The summed E-state index contributed by atoms with van der Waals surface area (Å²) in [5.41, 5.74) is 1.55. The number of nitrogens with zero attached hydrogens (tertiary/aromatic N) is 3. The Morgan fingerprint density at radius 1 is 1.36 bits per heavy atom. The van der Waals surface area contributed by atoms with Gasteiger partial charge in [0.2, 0.25) is 5.91 Å². The van der Waals surface area contributed by atoms with Crippen molar-refractivity contribution < 1.29 is 9.21 Å². The molecule has 8 heteroatoms. The molecule has 0 saturated heterocycles. The van der Waals surface area contributed by atoms with Crippen LogP contribution in [0.25, 0.3) is 11.4 Å². The van der Waals surface area contributed by atoms with Crippen LogP contribution < -0.4 is 5.32 Å². The van der Waals surface area contributed by atoms with E-state index < -0.39 is 0 Å². The second-order valence-electron chi connectivity index (χ2n) is 5.52. The molecule has 3 rings (SSSR count). The average molecular weight is 377 g/mol. The van der Waals surface area contributed by atoms with Gasteiger partial charge in [-0.3, -0.25) is 4.79 Å². The smallest absolute Gasteiger partial charge is 0.237 e. The molecule has 0 aliphatic rings. The SMILES string of the molecule is Cc1occc1-c1nnc(S[C@@H](C)C(=O)Nc2cccc(Cl)c2)n1C. The molecule has 0 fully saturated rings. The fourth-order valence-corrected chi connectivity index (χ4v) is 3.30. The number of furan rings is 1. The molecule has 0 saturated carbocycles. The van der Waals surface area contributed by atoms with Crippen LogP contribution >= 0.6 is 23.4 Å². The van der Waals surface area contributed by atoms with Crippen molar-refractivity contribution in [1.29, 1.82) is 0 Å². The minimum absolute atomic E-state index is 0.128. The van der Waals surface area contributed by atoms with E-state index in [4.69, 9.17) is 16.0 Å². The van der Waals surface area contributed by atoms with Gasteiger partial charge in [0.25, 0.3) is 0 Å². The Morgan fingerprint density at radius 3 is 2.84 bits per heavy atom. The summed E-state index contributed by atoms with van der Waals surface area (Å²) in [5.74, 6) is 1.35. The van der Waals surface area contributed by atoms with Crippen molar-refractivity contribution in [1.82, 2.24) is 14.8 Å². The molecule has 130 valence electrons. The highest BCUT2D eigenvalue weighted by molar-refractivity contribution is 8.00. The molecule has 0 spiro atoms. The van der Waals surface area contributed by atoms with Gasteiger partial charge in [-0.05, 0) is 38.1 Å². The summed E-state index contributed by atoms with van der Waals surface area (Å²) in [7, 11) is 1.87. The van der Waals surface area contributed by atoms with Crippen molar-refractivity contribution in [3.8, 4) is 11.4 Å². The van der Waals surface area contributed by atoms with E-state index in [1.54, 1.807) is 30.5 Å². The van der Waals surface area contributed by atoms with Gasteiger partial charge in [-0.25, -0.2) is 0 Å². The Kier molecular flexibility index (Phi) is 5.15. The zero-order chi connectivity index (χ0) is 18.0. The Bertz CT molecular complexity index is 906. The molecular weight excluding hydrogens is 360 g/mol. The van der Waals surface area contributed by atoms with E-state index in [-0.39, 0.29) is 11.2 Å². The quantitative estimate of drug-likeness (QED) is 0.677. The maximum atomic E-state index is 12.4. The minimum Gasteiger partial charge on any atom is -0.469 e. The number of anilines is 1. The van der Waals surface area contributed by atoms with Crippen molar-refractivity contribution >= 4 is 35.0 Å². The lowest BCUT2D eigenvalue weighted by Gasteiger charge is -2.11. The standard InChI is InChI=1S/C17H17ClN4O2S/c1-10-14(7-8-24-10)15-20-21-17(22(15)3)25-11(2)16(23)19-13-6-4-5-12(18)9-13/h4-9,11H,1-3H3,(H,19,23)/t11-/m0/s1. The van der Waals surface area contributed by atoms with Crippen molar-refractivity contribution in [2.45, 2.75) is 24.3 Å². The molecule has 0 unspecified atom stereocenters. The van der Waals surface area contributed by atoms with E-state index in [1.165, 1.54) is 11.8 Å². The third kappa shape index (κ3) is 3.88. The summed E-state index contributed by atoms with van der Waals surface area (Å²) in [6.45, 7) is 3.69. The first-order chi connectivity index (χ1) is 12.0. The second-order valence-corrected chi connectivity index (χ2v) is 7.26. The van der Waals surface area contributed by atoms with Crippen LogP contribution in [0.2, 0.25) is 5.02 Å². The number of benzene rings is 1. The molecule has 1 atom stereocenters. The number of aryl methyl sites for hydroxylation is 1. The number of hydrogen-bond donors (Lipinski definition) is 1. The minimum atomic E-state index is -0.347. The van der Waals surface area contributed by atoms with Crippen molar-refractivity contribution in [3.63, 3.8) is 0 Å². The van der Waals surface area contributed by atoms with Crippen LogP contribution in [0.3, 0.4) is 0 Å². The number of halogens is 1. The Morgan fingerprint density at radius 2 is 2.16 bits per heavy atom. The molecule has 1 N–H and O–H groups in total. The third-order valence-corrected chi connectivity index (χ3v) is 5.05. The summed E-state index contributed by atoms with van der Waals surface area (Å²) in [5, 5.41) is 12.1. The molecular formula is C17H17ClN4O2S. The van der Waals surface area contributed by atoms with Gasteiger partial charge in [-0.2, -0.15) is 0 Å². The first kappa shape index (κ1) is 17.6. The van der Waals surface area contributed by atoms with Gasteiger partial charge in [-0.15, -0.1) is 10.2 Å². The van der Waals surface area contributed by atoms with Gasteiger partial charge in [0.1, 0.15) is 5.76 Å². The Balaban J connectivity index is 1.71. The highest BCUT2D eigenvalue weighted by Gasteiger charge is 2.20. The Labute approximate surface area is 154 Å². The van der Waals surface area contributed by atoms with Crippen LogP contribution in [0.1, 0.15) is 12.7 Å². The molecule has 0 bridgehead atoms. The van der Waals surface area contributed by atoms with Crippen LogP contribution in [0.15, 0.2) is 46.2 Å². The number of amides is 1. The summed E-state index contributed by atoms with van der Waals surface area (Å²) in [6, 6.07) is 8.90. The topological polar surface area (TPSA) is 72.9 Å². The first-order valence-electron chi connectivity index (χ1n) is 7.62. The maximum absolute atomic E-state index is 12.4. The second kappa shape index (κ2) is 7.33. The predicted molar refractivity (Wildman–Crippen MR) is 98.8 cm³/mol. The van der Waals surface area contributed by atoms with E-state index in [9.17, 15) is 4.79 Å². The van der Waals surface area contributed by atoms with Gasteiger partial charge < -0.3 is 14.3 Å². The number of thioether (sulfide) groups is 1. The molecule has 2 aromatic heterocycles. The van der Waals surface area contributed by atoms with Gasteiger partial charge >= 0.3 is 0 Å². The molecule has 2 heterocycles. The van der Waals surface area contributed by atoms with E-state index >= 15 is 0 Å². The van der Waals surface area contributed by atoms with Crippen LogP contribution in [0.5, 0.6) is 0 Å². The predicted octanol–water partition coefficient (Wildman–Crippen LogP) is 4.16. The molecule has 1 amide bonds. The normalized spacial score (nSPS) is 12.2. The monoisotopic (exact) mass is 376 g/mol. The zero-order valence-electron chi connectivity index (χ0n) is 14.0. The van der Waals surface area contributed by atoms with Gasteiger partial charge in [0, 0.05) is 17.8 Å². The number of aromatic nitrogens is 3. The van der Waals surface area contributed by atoms with Crippen molar-refractivity contribution in [2.75, 3.05) is 5.32 Å². The van der Waals surface area contributed by atoms with Gasteiger partial charge in [-0.1, -0.05) is 29.4 Å². The first-order valence-corrected chi connectivity index (χ1v) is 8.88. The average Bonchev–Trinajstić information content (AvgIpc) is 3.13. The third-order valence-electron chi connectivity index (χ3n) is 3.68. The summed E-state index contributed by atoms with van der Waals surface area (Å²) in [4.78, 5) is 12.4. The van der Waals surface area contributed by atoms with Crippen LogP contribution in [0.4, 0.5) is 5.69 Å².